The Hall–Kier alpha value is -3.85. The second-order valence-electron chi connectivity index (χ2n) is 10.6. The number of aromatic nitrogens is 1. The summed E-state index contributed by atoms with van der Waals surface area (Å²) in [5.41, 5.74) is 7.47. The van der Waals surface area contributed by atoms with Gasteiger partial charge in [-0.3, -0.25) is 9.88 Å². The maximum atomic E-state index is 9.26. The lowest BCUT2D eigenvalue weighted by molar-refractivity contribution is 0.203. The maximum Gasteiger partial charge on any atom is 0.142 e. The molecular formula is C34H32ClN3O2. The predicted molar refractivity (Wildman–Crippen MR) is 157 cm³/mol. The molecule has 0 radical (unpaired) electrons. The Morgan fingerprint density at radius 1 is 0.950 bits per heavy atom. The molecule has 202 valence electrons. The average molecular weight is 550 g/mol. The zero-order valence-corrected chi connectivity index (χ0v) is 23.2. The van der Waals surface area contributed by atoms with Crippen molar-refractivity contribution < 1.29 is 9.47 Å². The van der Waals surface area contributed by atoms with Crippen LogP contribution in [-0.2, 0) is 19.6 Å². The van der Waals surface area contributed by atoms with Crippen molar-refractivity contribution >= 4 is 11.6 Å². The van der Waals surface area contributed by atoms with Crippen LogP contribution in [0.2, 0.25) is 5.02 Å². The molecule has 1 unspecified atom stereocenters. The molecule has 5 nitrogen and oxygen atoms in total. The summed E-state index contributed by atoms with van der Waals surface area (Å²) in [6.45, 7) is 3.24. The lowest BCUT2D eigenvalue weighted by atomic mass is 9.97. The molecule has 1 aliphatic carbocycles. The van der Waals surface area contributed by atoms with E-state index in [1.807, 2.05) is 24.3 Å². The van der Waals surface area contributed by atoms with Gasteiger partial charge in [0.05, 0.1) is 10.6 Å². The van der Waals surface area contributed by atoms with Crippen LogP contribution in [0.4, 0.5) is 0 Å². The number of ether oxygens (including phenoxy) is 2. The van der Waals surface area contributed by atoms with Crippen molar-refractivity contribution in [3.8, 4) is 28.7 Å². The highest BCUT2D eigenvalue weighted by atomic mass is 35.5. The molecular weight excluding hydrogens is 518 g/mol. The monoisotopic (exact) mass is 549 g/mol. The summed E-state index contributed by atoms with van der Waals surface area (Å²) < 4.78 is 13.0. The summed E-state index contributed by atoms with van der Waals surface area (Å²) in [6, 6.07) is 24.9. The first-order valence-corrected chi connectivity index (χ1v) is 14.4. The summed E-state index contributed by atoms with van der Waals surface area (Å²) in [5.74, 6) is 1.38. The van der Waals surface area contributed by atoms with Crippen LogP contribution in [0.15, 0.2) is 79.1 Å². The van der Waals surface area contributed by atoms with Gasteiger partial charge in [0, 0.05) is 36.1 Å². The van der Waals surface area contributed by atoms with Gasteiger partial charge in [0.2, 0.25) is 0 Å². The second kappa shape index (κ2) is 12.1. The van der Waals surface area contributed by atoms with E-state index in [4.69, 9.17) is 21.1 Å². The molecule has 2 aliphatic rings. The Morgan fingerprint density at radius 2 is 1.80 bits per heavy atom. The molecule has 1 aromatic heterocycles. The average Bonchev–Trinajstić information content (AvgIpc) is 3.41. The van der Waals surface area contributed by atoms with E-state index in [-0.39, 0.29) is 6.10 Å². The fourth-order valence-electron chi connectivity index (χ4n) is 5.85. The first-order chi connectivity index (χ1) is 19.7. The highest BCUT2D eigenvalue weighted by Crippen LogP contribution is 2.43. The second-order valence-corrected chi connectivity index (χ2v) is 11.0. The standard InChI is InChI=1S/C34H32ClN3O2/c35-31-17-27(22-38-14-5-2-6-15-38)33(39-23-25-16-24(19-36)20-37-21-25)18-34(31)40-32-13-12-29-28(10-7-11-30(29)32)26-8-3-1-4-9-26/h1,3-4,7-11,16-18,20-21,32H,2,5-6,12-15,22-23H2. The topological polar surface area (TPSA) is 58.4 Å². The number of halogens is 1. The SMILES string of the molecule is N#Cc1cncc(COc2cc(OC3CCc4c(-c5ccccc5)cccc43)c(Cl)cc2CN2CCCCC2)c1. The van der Waals surface area contributed by atoms with E-state index in [9.17, 15) is 5.26 Å². The van der Waals surface area contributed by atoms with E-state index >= 15 is 0 Å². The molecule has 1 aliphatic heterocycles. The van der Waals surface area contributed by atoms with Crippen molar-refractivity contribution in [3.05, 3.63) is 112 Å². The highest BCUT2D eigenvalue weighted by Gasteiger charge is 2.28. The minimum atomic E-state index is -0.0755. The summed E-state index contributed by atoms with van der Waals surface area (Å²) in [6.07, 6.45) is 8.78. The summed E-state index contributed by atoms with van der Waals surface area (Å²) in [5, 5.41) is 9.86. The van der Waals surface area contributed by atoms with Crippen LogP contribution in [-0.4, -0.2) is 23.0 Å². The van der Waals surface area contributed by atoms with E-state index in [1.54, 1.807) is 12.4 Å². The van der Waals surface area contributed by atoms with Crippen LogP contribution in [0.5, 0.6) is 11.5 Å². The number of hydrogen-bond donors (Lipinski definition) is 0. The van der Waals surface area contributed by atoms with Crippen molar-refractivity contribution in [1.29, 1.82) is 5.26 Å². The van der Waals surface area contributed by atoms with Crippen LogP contribution >= 0.6 is 11.6 Å². The lowest BCUT2D eigenvalue weighted by Crippen LogP contribution is -2.29. The van der Waals surface area contributed by atoms with E-state index in [0.717, 1.165) is 49.4 Å². The molecule has 6 rings (SSSR count). The van der Waals surface area contributed by atoms with Crippen molar-refractivity contribution in [2.24, 2.45) is 0 Å². The van der Waals surface area contributed by atoms with Gasteiger partial charge in [-0.05, 0) is 73.2 Å². The molecule has 6 heteroatoms. The van der Waals surface area contributed by atoms with Gasteiger partial charge >= 0.3 is 0 Å². The molecule has 0 bridgehead atoms. The van der Waals surface area contributed by atoms with Gasteiger partial charge in [0.1, 0.15) is 30.3 Å². The van der Waals surface area contributed by atoms with Gasteiger partial charge in [-0.25, -0.2) is 0 Å². The minimum absolute atomic E-state index is 0.0755. The molecule has 0 spiro atoms. The molecule has 2 heterocycles. The van der Waals surface area contributed by atoms with Gasteiger partial charge in [-0.2, -0.15) is 5.26 Å². The minimum Gasteiger partial charge on any atom is -0.488 e. The fraction of sp³-hybridized carbons (Fsp3) is 0.294. The number of benzene rings is 3. The summed E-state index contributed by atoms with van der Waals surface area (Å²) >= 11 is 6.86. The smallest absolute Gasteiger partial charge is 0.142 e. The number of hydrogen-bond acceptors (Lipinski definition) is 5. The Balaban J connectivity index is 1.27. The Labute approximate surface area is 241 Å². The zero-order chi connectivity index (χ0) is 27.3. The Morgan fingerprint density at radius 3 is 2.62 bits per heavy atom. The number of nitrogens with zero attached hydrogens (tertiary/aromatic N) is 3. The number of rotatable bonds is 8. The molecule has 40 heavy (non-hydrogen) atoms. The first-order valence-electron chi connectivity index (χ1n) is 14.0. The van der Waals surface area contributed by atoms with Crippen LogP contribution in [0.3, 0.4) is 0 Å². The van der Waals surface area contributed by atoms with Crippen LogP contribution < -0.4 is 9.47 Å². The van der Waals surface area contributed by atoms with E-state index in [0.29, 0.717) is 22.9 Å². The van der Waals surface area contributed by atoms with Crippen molar-refractivity contribution in [2.45, 2.75) is 51.4 Å². The van der Waals surface area contributed by atoms with Gasteiger partial charge in [-0.1, -0.05) is 66.6 Å². The van der Waals surface area contributed by atoms with Crippen LogP contribution in [0, 0.1) is 11.3 Å². The van der Waals surface area contributed by atoms with Crippen molar-refractivity contribution in [3.63, 3.8) is 0 Å². The third-order valence-electron chi connectivity index (χ3n) is 7.85. The zero-order valence-electron chi connectivity index (χ0n) is 22.5. The fourth-order valence-corrected chi connectivity index (χ4v) is 6.08. The van der Waals surface area contributed by atoms with Crippen molar-refractivity contribution in [1.82, 2.24) is 9.88 Å². The number of likely N-dealkylation sites (tertiary alicyclic amines) is 1. The van der Waals surface area contributed by atoms with Crippen LogP contribution in [0.1, 0.15) is 59.6 Å². The van der Waals surface area contributed by atoms with Gasteiger partial charge in [-0.15, -0.1) is 0 Å². The maximum absolute atomic E-state index is 9.26. The van der Waals surface area contributed by atoms with E-state index in [1.165, 1.54) is 41.5 Å². The molecule has 3 aromatic carbocycles. The molecule has 0 amide bonds. The van der Waals surface area contributed by atoms with Gasteiger partial charge < -0.3 is 9.47 Å². The van der Waals surface area contributed by atoms with Gasteiger partial charge in [0.25, 0.3) is 0 Å². The van der Waals surface area contributed by atoms with E-state index < -0.39 is 0 Å². The Bertz CT molecular complexity index is 1530. The van der Waals surface area contributed by atoms with Crippen LogP contribution in [0.25, 0.3) is 11.1 Å². The third-order valence-corrected chi connectivity index (χ3v) is 8.14. The van der Waals surface area contributed by atoms with Crippen molar-refractivity contribution in [2.75, 3.05) is 13.1 Å². The number of nitriles is 1. The molecule has 0 saturated carbocycles. The molecule has 1 saturated heterocycles. The molecule has 0 N–H and O–H groups in total. The summed E-state index contributed by atoms with van der Waals surface area (Å²) in [4.78, 5) is 6.63. The predicted octanol–water partition coefficient (Wildman–Crippen LogP) is 7.90. The number of fused-ring (bicyclic) bond motifs is 1. The van der Waals surface area contributed by atoms with Gasteiger partial charge in [0.15, 0.2) is 0 Å². The number of pyridine rings is 1. The normalized spacial score (nSPS) is 16.8. The largest absolute Gasteiger partial charge is 0.488 e. The third kappa shape index (κ3) is 5.84. The molecule has 4 aromatic rings. The highest BCUT2D eigenvalue weighted by molar-refractivity contribution is 6.32. The lowest BCUT2D eigenvalue weighted by Gasteiger charge is -2.27. The first kappa shape index (κ1) is 26.4. The molecule has 1 fully saturated rings. The quantitative estimate of drug-likeness (QED) is 0.223. The number of piperidine rings is 1. The van der Waals surface area contributed by atoms with E-state index in [2.05, 4.69) is 58.4 Å². The summed E-state index contributed by atoms with van der Waals surface area (Å²) in [7, 11) is 0. The molecule has 1 atom stereocenters. The Kier molecular flexibility index (Phi) is 7.99.